The first kappa shape index (κ1) is 10.0. The van der Waals surface area contributed by atoms with Crippen LogP contribution in [0.2, 0.25) is 0 Å². The largest absolute Gasteiger partial charge is 0.348 e. The molecule has 2 N–H and O–H groups in total. The third kappa shape index (κ3) is 1.51. The number of carbonyl (C=O) groups is 1. The fourth-order valence-corrected chi connectivity index (χ4v) is 2.42. The molecule has 1 aliphatic heterocycles. The summed E-state index contributed by atoms with van der Waals surface area (Å²) in [6, 6.07) is 10.1. The van der Waals surface area contributed by atoms with Gasteiger partial charge in [-0.3, -0.25) is 4.79 Å². The van der Waals surface area contributed by atoms with Crippen LogP contribution in [0.1, 0.15) is 11.5 Å². The topological polar surface area (TPSA) is 53.0 Å². The minimum atomic E-state index is -0.115. The van der Waals surface area contributed by atoms with Crippen LogP contribution in [0.25, 0.3) is 0 Å². The third-order valence-corrected chi connectivity index (χ3v) is 3.25. The molecule has 1 aromatic carbocycles. The highest BCUT2D eigenvalue weighted by atomic mass is 16.1. The molecule has 1 aliphatic carbocycles. The number of hydrogen-bond acceptors (Lipinski definition) is 2. The molecular formula is C14H12N2O. The Balaban J connectivity index is 2.08. The molecule has 3 heteroatoms. The van der Waals surface area contributed by atoms with Crippen LogP contribution in [0.5, 0.6) is 0 Å². The minimum absolute atomic E-state index is 0.115. The predicted octanol–water partition coefficient (Wildman–Crippen LogP) is 1.79. The van der Waals surface area contributed by atoms with E-state index >= 15 is 0 Å². The first-order valence-corrected chi connectivity index (χ1v) is 5.60. The minimum Gasteiger partial charge on any atom is -0.348 e. The zero-order valence-electron chi connectivity index (χ0n) is 9.23. The van der Waals surface area contributed by atoms with Crippen molar-refractivity contribution in [2.24, 2.45) is 0 Å². The van der Waals surface area contributed by atoms with Gasteiger partial charge in [-0.25, -0.2) is 0 Å². The Morgan fingerprint density at radius 1 is 1.24 bits per heavy atom. The number of amides is 1. The molecule has 1 aromatic rings. The van der Waals surface area contributed by atoms with Gasteiger partial charge in [0, 0.05) is 12.5 Å². The first-order valence-electron chi connectivity index (χ1n) is 5.60. The number of hydrogen-bond donors (Lipinski definition) is 2. The van der Waals surface area contributed by atoms with Crippen molar-refractivity contribution in [1.82, 2.24) is 5.32 Å². The molecule has 0 aromatic heterocycles. The van der Waals surface area contributed by atoms with E-state index in [2.05, 4.69) is 17.4 Å². The number of nitrogens with one attached hydrogen (secondary N) is 2. The maximum Gasteiger partial charge on any atom is 0.253 e. The maximum atomic E-state index is 11.7. The molecule has 2 aliphatic rings. The van der Waals surface area contributed by atoms with E-state index in [1.165, 1.54) is 5.56 Å². The average molecular weight is 224 g/mol. The van der Waals surface area contributed by atoms with E-state index < -0.39 is 0 Å². The molecule has 0 saturated heterocycles. The molecule has 0 saturated carbocycles. The summed E-state index contributed by atoms with van der Waals surface area (Å²) in [5, 5.41) is 10.6. The lowest BCUT2D eigenvalue weighted by molar-refractivity contribution is -0.116. The van der Waals surface area contributed by atoms with Gasteiger partial charge in [-0.2, -0.15) is 0 Å². The second-order valence-corrected chi connectivity index (χ2v) is 4.24. The summed E-state index contributed by atoms with van der Waals surface area (Å²) in [5.41, 5.74) is 3.07. The monoisotopic (exact) mass is 224 g/mol. The van der Waals surface area contributed by atoms with Crippen LogP contribution in [0.15, 0.2) is 53.6 Å². The molecule has 0 radical (unpaired) electrons. The van der Waals surface area contributed by atoms with Crippen molar-refractivity contribution in [1.29, 1.82) is 5.41 Å². The molecular weight excluding hydrogens is 212 g/mol. The van der Waals surface area contributed by atoms with Gasteiger partial charge in [0.1, 0.15) is 0 Å². The van der Waals surface area contributed by atoms with Crippen LogP contribution in [0.4, 0.5) is 0 Å². The van der Waals surface area contributed by atoms with Crippen molar-refractivity contribution in [3.63, 3.8) is 0 Å². The zero-order chi connectivity index (χ0) is 11.8. The lowest BCUT2D eigenvalue weighted by atomic mass is 9.84. The number of carbonyl (C=O) groups excluding carboxylic acids is 1. The second-order valence-electron chi connectivity index (χ2n) is 4.24. The van der Waals surface area contributed by atoms with Crippen LogP contribution in [-0.4, -0.2) is 18.2 Å². The van der Waals surface area contributed by atoms with E-state index in [1.54, 1.807) is 6.08 Å². The van der Waals surface area contributed by atoms with Gasteiger partial charge in [0.25, 0.3) is 5.91 Å². The lowest BCUT2D eigenvalue weighted by Crippen LogP contribution is -2.19. The Bertz CT molecular complexity index is 555. The standard InChI is InChI=1S/C14H12N2O/c15-12-7-6-10(9-4-2-1-3-5-9)11-8-16-14(17)13(11)12/h1-7,10,15H,8H2,(H,16,17). The molecule has 1 heterocycles. The molecule has 1 atom stereocenters. The summed E-state index contributed by atoms with van der Waals surface area (Å²) < 4.78 is 0. The molecule has 0 bridgehead atoms. The van der Waals surface area contributed by atoms with Crippen LogP contribution in [0, 0.1) is 5.41 Å². The number of rotatable bonds is 1. The van der Waals surface area contributed by atoms with Crippen LogP contribution < -0.4 is 5.32 Å². The fraction of sp³-hybridized carbons (Fsp3) is 0.143. The smallest absolute Gasteiger partial charge is 0.253 e. The van der Waals surface area contributed by atoms with Crippen LogP contribution in [-0.2, 0) is 4.79 Å². The average Bonchev–Trinajstić information content (AvgIpc) is 2.74. The van der Waals surface area contributed by atoms with Gasteiger partial charge in [0.05, 0.1) is 11.3 Å². The van der Waals surface area contributed by atoms with Gasteiger partial charge in [-0.05, 0) is 17.2 Å². The maximum absolute atomic E-state index is 11.7. The van der Waals surface area contributed by atoms with Crippen molar-refractivity contribution >= 4 is 11.6 Å². The molecule has 1 unspecified atom stereocenters. The highest BCUT2D eigenvalue weighted by Gasteiger charge is 2.32. The van der Waals surface area contributed by atoms with Crippen molar-refractivity contribution in [3.05, 3.63) is 59.2 Å². The van der Waals surface area contributed by atoms with E-state index in [4.69, 9.17) is 5.41 Å². The summed E-state index contributed by atoms with van der Waals surface area (Å²) in [6.07, 6.45) is 3.72. The third-order valence-electron chi connectivity index (χ3n) is 3.25. The van der Waals surface area contributed by atoms with Crippen molar-refractivity contribution in [3.8, 4) is 0 Å². The Hall–Kier alpha value is -2.16. The second kappa shape index (κ2) is 3.70. The lowest BCUT2D eigenvalue weighted by Gasteiger charge is -2.19. The molecule has 1 amide bonds. The Labute approximate surface area is 99.4 Å². The van der Waals surface area contributed by atoms with Crippen molar-refractivity contribution < 1.29 is 4.79 Å². The van der Waals surface area contributed by atoms with Gasteiger partial charge in [0.15, 0.2) is 0 Å². The Kier molecular flexibility index (Phi) is 2.18. The summed E-state index contributed by atoms with van der Waals surface area (Å²) in [6.45, 7) is 0.556. The SMILES string of the molecule is N=C1C=CC(c2ccccc2)C2=C1C(=O)NC2. The van der Waals surface area contributed by atoms with Gasteiger partial charge in [-0.15, -0.1) is 0 Å². The Morgan fingerprint density at radius 3 is 2.76 bits per heavy atom. The van der Waals surface area contributed by atoms with Crippen LogP contribution in [0.3, 0.4) is 0 Å². The number of benzene rings is 1. The Morgan fingerprint density at radius 2 is 2.00 bits per heavy atom. The molecule has 17 heavy (non-hydrogen) atoms. The molecule has 84 valence electrons. The first-order chi connectivity index (χ1) is 8.27. The van der Waals surface area contributed by atoms with Gasteiger partial charge < -0.3 is 10.7 Å². The molecule has 3 nitrogen and oxygen atoms in total. The zero-order valence-corrected chi connectivity index (χ0v) is 9.23. The van der Waals surface area contributed by atoms with Crippen molar-refractivity contribution in [2.75, 3.05) is 6.54 Å². The predicted molar refractivity (Wildman–Crippen MR) is 66.1 cm³/mol. The summed E-state index contributed by atoms with van der Waals surface area (Å²) in [4.78, 5) is 11.7. The summed E-state index contributed by atoms with van der Waals surface area (Å²) in [7, 11) is 0. The number of allylic oxidation sites excluding steroid dienone is 2. The van der Waals surface area contributed by atoms with Gasteiger partial charge in [-0.1, -0.05) is 36.4 Å². The highest BCUT2D eigenvalue weighted by molar-refractivity contribution is 6.27. The van der Waals surface area contributed by atoms with E-state index in [0.29, 0.717) is 17.8 Å². The normalized spacial score (nSPS) is 22.7. The summed E-state index contributed by atoms with van der Waals surface area (Å²) in [5.74, 6) is 0.00883. The molecule has 3 rings (SSSR count). The quantitative estimate of drug-likeness (QED) is 0.750. The van der Waals surface area contributed by atoms with Gasteiger partial charge >= 0.3 is 0 Å². The summed E-state index contributed by atoms with van der Waals surface area (Å²) >= 11 is 0. The fourth-order valence-electron chi connectivity index (χ4n) is 2.42. The van der Waals surface area contributed by atoms with E-state index in [9.17, 15) is 4.79 Å². The van der Waals surface area contributed by atoms with E-state index in [-0.39, 0.29) is 11.8 Å². The van der Waals surface area contributed by atoms with E-state index in [0.717, 1.165) is 5.57 Å². The van der Waals surface area contributed by atoms with Crippen LogP contribution >= 0.6 is 0 Å². The van der Waals surface area contributed by atoms with E-state index in [1.807, 2.05) is 24.3 Å². The molecule has 0 spiro atoms. The molecule has 0 fully saturated rings. The van der Waals surface area contributed by atoms with Gasteiger partial charge in [0.2, 0.25) is 0 Å². The van der Waals surface area contributed by atoms with Crippen molar-refractivity contribution in [2.45, 2.75) is 5.92 Å². The highest BCUT2D eigenvalue weighted by Crippen LogP contribution is 2.33.